The first-order chi connectivity index (χ1) is 7.86. The minimum Gasteiger partial charge on any atom is -0.459 e. The number of benzene rings is 1. The van der Waals surface area contributed by atoms with Crippen LogP contribution in [0.2, 0.25) is 0 Å². The van der Waals surface area contributed by atoms with E-state index in [1.54, 1.807) is 6.07 Å². The molecule has 0 saturated carbocycles. The molecule has 0 unspecified atom stereocenters. The van der Waals surface area contributed by atoms with E-state index in [-0.39, 0.29) is 17.5 Å². The number of halogens is 1. The standard InChI is InChI=1S/C14H19BrO2/c1-10(14(2,3)4)17-13(16)12-8-6-5-7-11(12)9-15/h5-8,10H,9H2,1-4H3/t10-/m1/s1. The molecule has 0 fully saturated rings. The molecule has 0 aromatic heterocycles. The van der Waals surface area contributed by atoms with Crippen molar-refractivity contribution < 1.29 is 9.53 Å². The van der Waals surface area contributed by atoms with Crippen LogP contribution in [0.4, 0.5) is 0 Å². The summed E-state index contributed by atoms with van der Waals surface area (Å²) in [5.74, 6) is -0.248. The Hall–Kier alpha value is -0.830. The predicted molar refractivity (Wildman–Crippen MR) is 73.4 cm³/mol. The summed E-state index contributed by atoms with van der Waals surface area (Å²) in [5, 5.41) is 0.655. The SMILES string of the molecule is C[C@@H](OC(=O)c1ccccc1CBr)C(C)(C)C. The van der Waals surface area contributed by atoms with Gasteiger partial charge in [-0.15, -0.1) is 0 Å². The van der Waals surface area contributed by atoms with Crippen molar-refractivity contribution >= 4 is 21.9 Å². The lowest BCUT2D eigenvalue weighted by atomic mass is 9.90. The van der Waals surface area contributed by atoms with Crippen molar-refractivity contribution in [1.29, 1.82) is 0 Å². The fourth-order valence-corrected chi connectivity index (χ4v) is 1.73. The molecule has 0 heterocycles. The molecule has 0 N–H and O–H groups in total. The zero-order chi connectivity index (χ0) is 13.1. The maximum absolute atomic E-state index is 12.0. The summed E-state index contributed by atoms with van der Waals surface area (Å²) in [6.45, 7) is 8.10. The lowest BCUT2D eigenvalue weighted by Crippen LogP contribution is -2.29. The zero-order valence-corrected chi connectivity index (χ0v) is 12.4. The highest BCUT2D eigenvalue weighted by atomic mass is 79.9. The molecule has 2 nitrogen and oxygen atoms in total. The third kappa shape index (κ3) is 3.84. The molecular formula is C14H19BrO2. The quantitative estimate of drug-likeness (QED) is 0.618. The van der Waals surface area contributed by atoms with Gasteiger partial charge in [-0.1, -0.05) is 54.9 Å². The highest BCUT2D eigenvalue weighted by Crippen LogP contribution is 2.23. The first kappa shape index (κ1) is 14.2. The summed E-state index contributed by atoms with van der Waals surface area (Å²) < 4.78 is 5.48. The molecule has 0 amide bonds. The molecule has 0 radical (unpaired) electrons. The van der Waals surface area contributed by atoms with Gasteiger partial charge in [0.1, 0.15) is 6.10 Å². The smallest absolute Gasteiger partial charge is 0.338 e. The molecule has 1 atom stereocenters. The van der Waals surface area contributed by atoms with Gasteiger partial charge in [-0.3, -0.25) is 0 Å². The van der Waals surface area contributed by atoms with Gasteiger partial charge in [0.05, 0.1) is 5.56 Å². The van der Waals surface area contributed by atoms with E-state index in [0.717, 1.165) is 5.56 Å². The third-order valence-electron chi connectivity index (χ3n) is 2.88. The number of esters is 1. The molecule has 1 aromatic carbocycles. The minimum absolute atomic E-state index is 0.0427. The fraction of sp³-hybridized carbons (Fsp3) is 0.500. The van der Waals surface area contributed by atoms with Crippen LogP contribution >= 0.6 is 15.9 Å². The second-order valence-electron chi connectivity index (χ2n) is 5.20. The summed E-state index contributed by atoms with van der Waals surface area (Å²) in [4.78, 5) is 12.0. The van der Waals surface area contributed by atoms with Gasteiger partial charge < -0.3 is 4.74 Å². The lowest BCUT2D eigenvalue weighted by molar-refractivity contribution is 0.00472. The third-order valence-corrected chi connectivity index (χ3v) is 3.49. The summed E-state index contributed by atoms with van der Waals surface area (Å²) in [6.07, 6.45) is -0.113. The van der Waals surface area contributed by atoms with Crippen LogP contribution in [0.1, 0.15) is 43.6 Å². The molecule has 0 aliphatic rings. The Morgan fingerprint density at radius 2 is 1.94 bits per heavy atom. The molecule has 0 spiro atoms. The Morgan fingerprint density at radius 1 is 1.35 bits per heavy atom. The number of ether oxygens (including phenoxy) is 1. The van der Waals surface area contributed by atoms with Crippen molar-refractivity contribution in [3.05, 3.63) is 35.4 Å². The topological polar surface area (TPSA) is 26.3 Å². The average Bonchev–Trinajstić information content (AvgIpc) is 2.27. The van der Waals surface area contributed by atoms with Crippen LogP contribution < -0.4 is 0 Å². The molecule has 0 saturated heterocycles. The van der Waals surface area contributed by atoms with Crippen molar-refractivity contribution in [2.24, 2.45) is 5.41 Å². The van der Waals surface area contributed by atoms with E-state index < -0.39 is 0 Å². The second kappa shape index (κ2) is 5.67. The van der Waals surface area contributed by atoms with Crippen LogP contribution in [-0.4, -0.2) is 12.1 Å². The summed E-state index contributed by atoms with van der Waals surface area (Å²) >= 11 is 3.37. The molecule has 3 heteroatoms. The summed E-state index contributed by atoms with van der Waals surface area (Å²) in [5.41, 5.74) is 1.55. The minimum atomic E-state index is -0.248. The fourth-order valence-electron chi connectivity index (χ4n) is 1.24. The molecule has 1 rings (SSSR count). The molecule has 94 valence electrons. The Bertz CT molecular complexity index is 393. The Labute approximate surface area is 111 Å². The Balaban J connectivity index is 2.84. The van der Waals surface area contributed by atoms with Crippen molar-refractivity contribution in [2.45, 2.75) is 39.1 Å². The van der Waals surface area contributed by atoms with E-state index in [2.05, 4.69) is 36.7 Å². The van der Waals surface area contributed by atoms with Crippen LogP contribution in [0.5, 0.6) is 0 Å². The van der Waals surface area contributed by atoms with Gasteiger partial charge in [0.25, 0.3) is 0 Å². The van der Waals surface area contributed by atoms with Gasteiger partial charge in [-0.2, -0.15) is 0 Å². The van der Waals surface area contributed by atoms with Gasteiger partial charge in [0.15, 0.2) is 0 Å². The summed E-state index contributed by atoms with van der Waals surface area (Å²) in [7, 11) is 0. The van der Waals surface area contributed by atoms with Crippen LogP contribution in [0.3, 0.4) is 0 Å². The molecule has 0 aliphatic carbocycles. The van der Waals surface area contributed by atoms with E-state index in [1.165, 1.54) is 0 Å². The van der Waals surface area contributed by atoms with E-state index in [4.69, 9.17) is 4.74 Å². The number of alkyl halides is 1. The number of carbonyl (C=O) groups excluding carboxylic acids is 1. The average molecular weight is 299 g/mol. The largest absolute Gasteiger partial charge is 0.459 e. The highest BCUT2D eigenvalue weighted by molar-refractivity contribution is 9.08. The van der Waals surface area contributed by atoms with E-state index in [0.29, 0.717) is 10.9 Å². The molecule has 0 aliphatic heterocycles. The molecule has 0 bridgehead atoms. The summed E-state index contributed by atoms with van der Waals surface area (Å²) in [6, 6.07) is 7.49. The predicted octanol–water partition coefficient (Wildman–Crippen LogP) is 4.17. The van der Waals surface area contributed by atoms with Crippen LogP contribution in [0.15, 0.2) is 24.3 Å². The van der Waals surface area contributed by atoms with Crippen LogP contribution in [-0.2, 0) is 10.1 Å². The number of hydrogen-bond donors (Lipinski definition) is 0. The molecule has 17 heavy (non-hydrogen) atoms. The van der Waals surface area contributed by atoms with Crippen molar-refractivity contribution in [2.75, 3.05) is 0 Å². The number of rotatable bonds is 3. The second-order valence-corrected chi connectivity index (χ2v) is 5.77. The first-order valence-electron chi connectivity index (χ1n) is 5.71. The van der Waals surface area contributed by atoms with Crippen molar-refractivity contribution in [3.8, 4) is 0 Å². The van der Waals surface area contributed by atoms with E-state index in [9.17, 15) is 4.79 Å². The van der Waals surface area contributed by atoms with Gasteiger partial charge in [-0.05, 0) is 24.0 Å². The van der Waals surface area contributed by atoms with E-state index in [1.807, 2.05) is 25.1 Å². The lowest BCUT2D eigenvalue weighted by Gasteiger charge is -2.27. The zero-order valence-electron chi connectivity index (χ0n) is 10.8. The number of carbonyl (C=O) groups is 1. The number of hydrogen-bond acceptors (Lipinski definition) is 2. The van der Waals surface area contributed by atoms with Crippen LogP contribution in [0.25, 0.3) is 0 Å². The maximum atomic E-state index is 12.0. The monoisotopic (exact) mass is 298 g/mol. The first-order valence-corrected chi connectivity index (χ1v) is 6.83. The van der Waals surface area contributed by atoms with Gasteiger partial charge in [-0.25, -0.2) is 4.79 Å². The van der Waals surface area contributed by atoms with Crippen molar-refractivity contribution in [3.63, 3.8) is 0 Å². The highest BCUT2D eigenvalue weighted by Gasteiger charge is 2.24. The van der Waals surface area contributed by atoms with Gasteiger partial charge >= 0.3 is 5.97 Å². The van der Waals surface area contributed by atoms with Crippen molar-refractivity contribution in [1.82, 2.24) is 0 Å². The van der Waals surface area contributed by atoms with E-state index >= 15 is 0 Å². The maximum Gasteiger partial charge on any atom is 0.338 e. The van der Waals surface area contributed by atoms with Crippen LogP contribution in [0, 0.1) is 5.41 Å². The molecular weight excluding hydrogens is 280 g/mol. The normalized spacial score (nSPS) is 13.2. The molecule has 1 aromatic rings. The Kier molecular flexibility index (Phi) is 4.75. The van der Waals surface area contributed by atoms with Gasteiger partial charge in [0.2, 0.25) is 0 Å². The Morgan fingerprint density at radius 3 is 2.47 bits per heavy atom. The van der Waals surface area contributed by atoms with Gasteiger partial charge in [0, 0.05) is 5.33 Å².